The van der Waals surface area contributed by atoms with Gasteiger partial charge in [-0.2, -0.15) is 5.10 Å². The number of urea groups is 1. The predicted octanol–water partition coefficient (Wildman–Crippen LogP) is 3.51. The number of benzene rings is 2. The second kappa shape index (κ2) is 6.68. The molecule has 0 bridgehead atoms. The Balaban J connectivity index is 1.72. The molecule has 0 aliphatic heterocycles. The van der Waals surface area contributed by atoms with E-state index in [9.17, 15) is 4.79 Å². The molecular weight excluding hydrogens is 326 g/mol. The molecule has 0 radical (unpaired) electrons. The number of pyridine rings is 1. The van der Waals surface area contributed by atoms with E-state index in [2.05, 4.69) is 10.1 Å². The van der Waals surface area contributed by atoms with E-state index < -0.39 is 6.03 Å². The van der Waals surface area contributed by atoms with E-state index in [-0.39, 0.29) is 0 Å². The number of rotatable bonds is 4. The molecule has 4 rings (SSSR count). The highest BCUT2D eigenvalue weighted by Gasteiger charge is 2.16. The molecule has 0 aliphatic rings. The van der Waals surface area contributed by atoms with Crippen molar-refractivity contribution in [2.45, 2.75) is 6.54 Å². The first kappa shape index (κ1) is 15.8. The van der Waals surface area contributed by atoms with Crippen LogP contribution in [-0.4, -0.2) is 20.8 Å². The smallest absolute Gasteiger partial charge is 0.319 e. The third-order valence-electron chi connectivity index (χ3n) is 4.24. The minimum Gasteiger partial charge on any atom is -0.351 e. The Kier molecular flexibility index (Phi) is 4.07. The van der Waals surface area contributed by atoms with Crippen molar-refractivity contribution in [2.75, 3.05) is 4.90 Å². The maximum absolute atomic E-state index is 12.2. The zero-order chi connectivity index (χ0) is 17.9. The molecule has 2 amide bonds. The molecule has 2 heterocycles. The number of aromatic nitrogens is 3. The van der Waals surface area contributed by atoms with Gasteiger partial charge in [0.25, 0.3) is 0 Å². The number of hydrogen-bond acceptors (Lipinski definition) is 3. The van der Waals surface area contributed by atoms with Crippen LogP contribution in [0.3, 0.4) is 0 Å². The molecule has 26 heavy (non-hydrogen) atoms. The first-order valence-electron chi connectivity index (χ1n) is 8.21. The fraction of sp³-hybridized carbons (Fsp3) is 0.0500. The molecule has 4 aromatic rings. The normalized spacial score (nSPS) is 10.8. The van der Waals surface area contributed by atoms with Crippen LogP contribution < -0.4 is 10.6 Å². The SMILES string of the molecule is NC(=O)N(Cc1cccc(-n2cccn2)c1)c1cccc2ccncc12. The average molecular weight is 343 g/mol. The molecule has 0 saturated carbocycles. The Hall–Kier alpha value is -3.67. The summed E-state index contributed by atoms with van der Waals surface area (Å²) in [5, 5.41) is 6.14. The van der Waals surface area contributed by atoms with E-state index in [1.165, 1.54) is 0 Å². The number of hydrogen-bond donors (Lipinski definition) is 1. The zero-order valence-electron chi connectivity index (χ0n) is 14.0. The van der Waals surface area contributed by atoms with Gasteiger partial charge in [0, 0.05) is 30.2 Å². The molecular formula is C20H17N5O. The second-order valence-corrected chi connectivity index (χ2v) is 5.92. The van der Waals surface area contributed by atoms with Gasteiger partial charge in [0.15, 0.2) is 0 Å². The zero-order valence-corrected chi connectivity index (χ0v) is 14.0. The molecule has 2 aromatic carbocycles. The van der Waals surface area contributed by atoms with Crippen molar-refractivity contribution in [1.82, 2.24) is 14.8 Å². The van der Waals surface area contributed by atoms with Crippen LogP contribution in [0.4, 0.5) is 10.5 Å². The van der Waals surface area contributed by atoms with Crippen LogP contribution in [0, 0.1) is 0 Å². The van der Waals surface area contributed by atoms with Crippen molar-refractivity contribution in [3.05, 3.63) is 84.9 Å². The lowest BCUT2D eigenvalue weighted by Gasteiger charge is -2.22. The summed E-state index contributed by atoms with van der Waals surface area (Å²) in [4.78, 5) is 17.9. The first-order valence-corrected chi connectivity index (χ1v) is 8.21. The number of nitrogens with zero attached hydrogens (tertiary/aromatic N) is 4. The molecule has 0 saturated heterocycles. The van der Waals surface area contributed by atoms with E-state index in [1.54, 1.807) is 28.2 Å². The highest BCUT2D eigenvalue weighted by atomic mass is 16.2. The molecule has 6 nitrogen and oxygen atoms in total. The Morgan fingerprint density at radius 1 is 1.08 bits per heavy atom. The van der Waals surface area contributed by atoms with Crippen molar-refractivity contribution in [3.63, 3.8) is 0 Å². The lowest BCUT2D eigenvalue weighted by molar-refractivity contribution is 0.253. The summed E-state index contributed by atoms with van der Waals surface area (Å²) in [5.41, 5.74) is 8.32. The van der Waals surface area contributed by atoms with E-state index in [1.807, 2.05) is 60.8 Å². The summed E-state index contributed by atoms with van der Waals surface area (Å²) in [7, 11) is 0. The number of primary amides is 1. The number of fused-ring (bicyclic) bond motifs is 1. The molecule has 0 atom stereocenters. The summed E-state index contributed by atoms with van der Waals surface area (Å²) in [6.07, 6.45) is 7.09. The number of nitrogens with two attached hydrogens (primary N) is 1. The maximum Gasteiger partial charge on any atom is 0.319 e. The minimum atomic E-state index is -0.508. The minimum absolute atomic E-state index is 0.360. The molecule has 128 valence electrons. The first-order chi connectivity index (χ1) is 12.7. The summed E-state index contributed by atoms with van der Waals surface area (Å²) >= 11 is 0. The third-order valence-corrected chi connectivity index (χ3v) is 4.24. The Labute approximate surface area is 150 Å². The molecule has 2 N–H and O–H groups in total. The van der Waals surface area contributed by atoms with Gasteiger partial charge < -0.3 is 5.73 Å². The predicted molar refractivity (Wildman–Crippen MR) is 101 cm³/mol. The fourth-order valence-corrected chi connectivity index (χ4v) is 3.02. The van der Waals surface area contributed by atoms with E-state index in [0.717, 1.165) is 27.7 Å². The highest BCUT2D eigenvalue weighted by Crippen LogP contribution is 2.27. The van der Waals surface area contributed by atoms with Gasteiger partial charge in [-0.05, 0) is 41.3 Å². The van der Waals surface area contributed by atoms with Crippen molar-refractivity contribution < 1.29 is 4.79 Å². The number of anilines is 1. The Morgan fingerprint density at radius 3 is 2.77 bits per heavy atom. The molecule has 0 unspecified atom stereocenters. The summed E-state index contributed by atoms with van der Waals surface area (Å²) < 4.78 is 1.78. The summed E-state index contributed by atoms with van der Waals surface area (Å²) in [6.45, 7) is 0.360. The van der Waals surface area contributed by atoms with Crippen molar-refractivity contribution in [2.24, 2.45) is 5.73 Å². The van der Waals surface area contributed by atoms with Crippen LogP contribution in [-0.2, 0) is 6.54 Å². The van der Waals surface area contributed by atoms with E-state index in [0.29, 0.717) is 6.54 Å². The van der Waals surface area contributed by atoms with Gasteiger partial charge in [-0.1, -0.05) is 24.3 Å². The molecule has 2 aromatic heterocycles. The van der Waals surface area contributed by atoms with Crippen molar-refractivity contribution >= 4 is 22.5 Å². The molecule has 6 heteroatoms. The van der Waals surface area contributed by atoms with Gasteiger partial charge in [0.05, 0.1) is 17.9 Å². The van der Waals surface area contributed by atoms with Crippen molar-refractivity contribution in [1.29, 1.82) is 0 Å². The van der Waals surface area contributed by atoms with Crippen LogP contribution in [0.25, 0.3) is 16.5 Å². The topological polar surface area (TPSA) is 77.0 Å². The van der Waals surface area contributed by atoms with Crippen LogP contribution in [0.2, 0.25) is 0 Å². The van der Waals surface area contributed by atoms with Crippen LogP contribution in [0.15, 0.2) is 79.4 Å². The Bertz CT molecular complexity index is 1050. The molecule has 0 spiro atoms. The summed E-state index contributed by atoms with van der Waals surface area (Å²) in [6, 6.07) is 16.9. The fourth-order valence-electron chi connectivity index (χ4n) is 3.02. The van der Waals surface area contributed by atoms with E-state index in [4.69, 9.17) is 5.73 Å². The van der Waals surface area contributed by atoms with Gasteiger partial charge in [0.2, 0.25) is 0 Å². The lowest BCUT2D eigenvalue weighted by atomic mass is 10.1. The third kappa shape index (κ3) is 3.00. The van der Waals surface area contributed by atoms with Gasteiger partial charge in [0.1, 0.15) is 0 Å². The highest BCUT2D eigenvalue weighted by molar-refractivity contribution is 6.02. The second-order valence-electron chi connectivity index (χ2n) is 5.92. The van der Waals surface area contributed by atoms with Gasteiger partial charge in [-0.15, -0.1) is 0 Å². The standard InChI is InChI=1S/C20H17N5O/c21-20(26)24(19-7-2-5-16-8-10-22-13-18(16)19)14-15-4-1-6-17(12-15)25-11-3-9-23-25/h1-13H,14H2,(H2,21,26). The molecule has 0 fully saturated rings. The largest absolute Gasteiger partial charge is 0.351 e. The maximum atomic E-state index is 12.2. The van der Waals surface area contributed by atoms with Crippen LogP contribution >= 0.6 is 0 Å². The monoisotopic (exact) mass is 343 g/mol. The quantitative estimate of drug-likeness (QED) is 0.616. The number of carbonyl (C=O) groups excluding carboxylic acids is 1. The van der Waals surface area contributed by atoms with Gasteiger partial charge in [-0.3, -0.25) is 9.88 Å². The van der Waals surface area contributed by atoms with Gasteiger partial charge >= 0.3 is 6.03 Å². The number of carbonyl (C=O) groups is 1. The van der Waals surface area contributed by atoms with Crippen molar-refractivity contribution in [3.8, 4) is 5.69 Å². The number of amides is 2. The lowest BCUT2D eigenvalue weighted by Crippen LogP contribution is -2.35. The Morgan fingerprint density at radius 2 is 1.96 bits per heavy atom. The average Bonchev–Trinajstić information content (AvgIpc) is 3.21. The molecule has 0 aliphatic carbocycles. The van der Waals surface area contributed by atoms with Crippen LogP contribution in [0.1, 0.15) is 5.56 Å². The summed E-state index contributed by atoms with van der Waals surface area (Å²) in [5.74, 6) is 0. The van der Waals surface area contributed by atoms with Crippen LogP contribution in [0.5, 0.6) is 0 Å². The van der Waals surface area contributed by atoms with Gasteiger partial charge in [-0.25, -0.2) is 9.48 Å². The van der Waals surface area contributed by atoms with E-state index >= 15 is 0 Å².